The third kappa shape index (κ3) is 2.57. The summed E-state index contributed by atoms with van der Waals surface area (Å²) in [4.78, 5) is 4.48. The molecule has 0 bridgehead atoms. The molecule has 2 rings (SSSR count). The number of rotatable bonds is 1. The molecule has 0 unspecified atom stereocenters. The monoisotopic (exact) mass is 328 g/mol. The van der Waals surface area contributed by atoms with Crippen LogP contribution in [0.4, 0.5) is 9.39 Å². The summed E-state index contributed by atoms with van der Waals surface area (Å²) in [5.74, 6) is -0.318. The Morgan fingerprint density at radius 1 is 1.33 bits per heavy atom. The molecule has 1 aromatic heterocycles. The van der Waals surface area contributed by atoms with E-state index in [0.29, 0.717) is 20.7 Å². The summed E-state index contributed by atoms with van der Waals surface area (Å²) >= 11 is 4.65. The van der Waals surface area contributed by atoms with Crippen molar-refractivity contribution in [1.82, 2.24) is 4.98 Å². The van der Waals surface area contributed by atoms with E-state index in [9.17, 15) is 4.39 Å². The summed E-state index contributed by atoms with van der Waals surface area (Å²) in [6.07, 6.45) is 0. The second kappa shape index (κ2) is 4.63. The number of nitrogens with zero attached hydrogens (tertiary/aromatic N) is 1. The van der Waals surface area contributed by atoms with Crippen LogP contribution in [0.3, 0.4) is 0 Å². The molecule has 18 heavy (non-hydrogen) atoms. The fourth-order valence-electron chi connectivity index (χ4n) is 1.53. The third-order valence-electron chi connectivity index (χ3n) is 2.48. The minimum atomic E-state index is -0.318. The van der Waals surface area contributed by atoms with Crippen LogP contribution in [0.1, 0.15) is 25.8 Å². The number of hydrogen-bond donors (Lipinski definition) is 1. The summed E-state index contributed by atoms with van der Waals surface area (Å²) < 4.78 is 14.6. The van der Waals surface area contributed by atoms with E-state index in [4.69, 9.17) is 5.73 Å². The van der Waals surface area contributed by atoms with E-state index >= 15 is 0 Å². The predicted octanol–water partition coefficient (Wildman–Crippen LogP) is 4.59. The predicted molar refractivity (Wildman–Crippen MR) is 78.3 cm³/mol. The van der Waals surface area contributed by atoms with Crippen molar-refractivity contribution in [2.45, 2.75) is 26.2 Å². The Morgan fingerprint density at radius 2 is 2.00 bits per heavy atom. The van der Waals surface area contributed by atoms with E-state index in [1.807, 2.05) is 0 Å². The molecule has 1 aromatic carbocycles. The lowest BCUT2D eigenvalue weighted by Gasteiger charge is -2.13. The van der Waals surface area contributed by atoms with Gasteiger partial charge in [-0.05, 0) is 18.2 Å². The van der Waals surface area contributed by atoms with Gasteiger partial charge in [0.2, 0.25) is 0 Å². The van der Waals surface area contributed by atoms with Crippen molar-refractivity contribution in [2.24, 2.45) is 0 Å². The maximum Gasteiger partial charge on any atom is 0.133 e. The molecule has 1 heterocycles. The van der Waals surface area contributed by atoms with Crippen LogP contribution in [0.2, 0.25) is 0 Å². The Labute approximate surface area is 118 Å². The Bertz CT molecular complexity index is 587. The Morgan fingerprint density at radius 3 is 2.50 bits per heavy atom. The minimum Gasteiger partial charge on any atom is -0.389 e. The number of aromatic nitrogens is 1. The number of nitrogen functional groups attached to an aromatic ring is 1. The van der Waals surface area contributed by atoms with Gasteiger partial charge in [0.05, 0.1) is 0 Å². The third-order valence-corrected chi connectivity index (χ3v) is 4.28. The molecule has 0 fully saturated rings. The van der Waals surface area contributed by atoms with Gasteiger partial charge in [-0.3, -0.25) is 0 Å². The molecule has 0 atom stereocenters. The number of halogens is 2. The molecule has 0 saturated carbocycles. The number of thiazole rings is 1. The lowest BCUT2D eigenvalue weighted by Crippen LogP contribution is -2.10. The summed E-state index contributed by atoms with van der Waals surface area (Å²) in [6.45, 7) is 6.19. The molecular formula is C13H14BrFN2S. The topological polar surface area (TPSA) is 38.9 Å². The summed E-state index contributed by atoms with van der Waals surface area (Å²) in [5.41, 5.74) is 6.86. The molecule has 0 aliphatic heterocycles. The van der Waals surface area contributed by atoms with Gasteiger partial charge < -0.3 is 5.73 Å². The second-order valence-electron chi connectivity index (χ2n) is 5.11. The molecule has 0 spiro atoms. The summed E-state index contributed by atoms with van der Waals surface area (Å²) in [5, 5.41) is 1.47. The first-order chi connectivity index (χ1) is 8.29. The molecule has 96 valence electrons. The van der Waals surface area contributed by atoms with Gasteiger partial charge >= 0.3 is 0 Å². The molecule has 0 amide bonds. The SMILES string of the molecule is CC(C)(C)c1nc(-c2ccc(Br)cc2F)c(N)s1. The van der Waals surface area contributed by atoms with Crippen LogP contribution in [0.5, 0.6) is 0 Å². The van der Waals surface area contributed by atoms with Crippen LogP contribution in [0, 0.1) is 5.82 Å². The van der Waals surface area contributed by atoms with Crippen molar-refractivity contribution < 1.29 is 4.39 Å². The van der Waals surface area contributed by atoms with E-state index in [2.05, 4.69) is 41.7 Å². The van der Waals surface area contributed by atoms with Crippen molar-refractivity contribution >= 4 is 32.3 Å². The molecule has 0 radical (unpaired) electrons. The van der Waals surface area contributed by atoms with Gasteiger partial charge in [0, 0.05) is 15.5 Å². The highest BCUT2D eigenvalue weighted by Crippen LogP contribution is 2.37. The fourth-order valence-corrected chi connectivity index (χ4v) is 2.76. The largest absolute Gasteiger partial charge is 0.389 e. The van der Waals surface area contributed by atoms with Crippen LogP contribution >= 0.6 is 27.3 Å². The zero-order chi connectivity index (χ0) is 13.5. The van der Waals surface area contributed by atoms with Gasteiger partial charge in [0.1, 0.15) is 21.5 Å². The molecule has 0 aliphatic carbocycles. The van der Waals surface area contributed by atoms with Crippen LogP contribution in [0.15, 0.2) is 22.7 Å². The van der Waals surface area contributed by atoms with Gasteiger partial charge in [0.25, 0.3) is 0 Å². The van der Waals surface area contributed by atoms with Gasteiger partial charge in [-0.15, -0.1) is 11.3 Å². The van der Waals surface area contributed by atoms with Crippen LogP contribution in [-0.2, 0) is 5.41 Å². The van der Waals surface area contributed by atoms with Gasteiger partial charge in [0.15, 0.2) is 0 Å². The number of nitrogens with two attached hydrogens (primary N) is 1. The molecular weight excluding hydrogens is 315 g/mol. The van der Waals surface area contributed by atoms with E-state index in [1.165, 1.54) is 17.4 Å². The minimum absolute atomic E-state index is 0.0805. The van der Waals surface area contributed by atoms with E-state index in [-0.39, 0.29) is 11.2 Å². The van der Waals surface area contributed by atoms with Gasteiger partial charge in [-0.1, -0.05) is 36.7 Å². The van der Waals surface area contributed by atoms with Gasteiger partial charge in [-0.2, -0.15) is 0 Å². The lowest BCUT2D eigenvalue weighted by atomic mass is 9.98. The Hall–Kier alpha value is -0.940. The molecule has 0 aliphatic rings. The molecule has 5 heteroatoms. The zero-order valence-corrected chi connectivity index (χ0v) is 12.8. The first-order valence-electron chi connectivity index (χ1n) is 5.51. The number of anilines is 1. The standard InChI is InChI=1S/C13H14BrFN2S/c1-13(2,3)12-17-10(11(16)18-12)8-5-4-7(14)6-9(8)15/h4-6H,16H2,1-3H3. The van der Waals surface area contributed by atoms with E-state index in [1.54, 1.807) is 12.1 Å². The van der Waals surface area contributed by atoms with Crippen molar-refractivity contribution in [3.05, 3.63) is 33.5 Å². The smallest absolute Gasteiger partial charge is 0.133 e. The molecule has 2 N–H and O–H groups in total. The zero-order valence-electron chi connectivity index (χ0n) is 10.4. The van der Waals surface area contributed by atoms with Crippen molar-refractivity contribution in [1.29, 1.82) is 0 Å². The molecule has 2 nitrogen and oxygen atoms in total. The molecule has 2 aromatic rings. The Kier molecular flexibility index (Phi) is 3.47. The Balaban J connectivity index is 2.55. The summed E-state index contributed by atoms with van der Waals surface area (Å²) in [6, 6.07) is 4.90. The second-order valence-corrected chi connectivity index (χ2v) is 7.05. The number of hydrogen-bond acceptors (Lipinski definition) is 3. The average molecular weight is 329 g/mol. The van der Waals surface area contributed by atoms with Crippen molar-refractivity contribution in [3.8, 4) is 11.3 Å². The highest BCUT2D eigenvalue weighted by Gasteiger charge is 2.22. The first kappa shape index (κ1) is 13.5. The first-order valence-corrected chi connectivity index (χ1v) is 7.12. The van der Waals surface area contributed by atoms with Crippen LogP contribution < -0.4 is 5.73 Å². The van der Waals surface area contributed by atoms with E-state index in [0.717, 1.165) is 5.01 Å². The fraction of sp³-hybridized carbons (Fsp3) is 0.308. The maximum atomic E-state index is 13.9. The van der Waals surface area contributed by atoms with Crippen LogP contribution in [0.25, 0.3) is 11.3 Å². The van der Waals surface area contributed by atoms with Crippen molar-refractivity contribution in [3.63, 3.8) is 0 Å². The highest BCUT2D eigenvalue weighted by atomic mass is 79.9. The number of benzene rings is 1. The normalized spacial score (nSPS) is 11.8. The van der Waals surface area contributed by atoms with E-state index < -0.39 is 0 Å². The van der Waals surface area contributed by atoms with Crippen molar-refractivity contribution in [2.75, 3.05) is 5.73 Å². The van der Waals surface area contributed by atoms with Gasteiger partial charge in [-0.25, -0.2) is 9.37 Å². The average Bonchev–Trinajstić information content (AvgIpc) is 2.60. The highest BCUT2D eigenvalue weighted by molar-refractivity contribution is 9.10. The molecule has 0 saturated heterocycles. The quantitative estimate of drug-likeness (QED) is 0.831. The summed E-state index contributed by atoms with van der Waals surface area (Å²) in [7, 11) is 0. The lowest BCUT2D eigenvalue weighted by molar-refractivity contribution is 0.585. The van der Waals surface area contributed by atoms with Crippen LogP contribution in [-0.4, -0.2) is 4.98 Å². The maximum absolute atomic E-state index is 13.9.